The molecular weight excluding hydrogens is 492 g/mol. The maximum atomic E-state index is 14.6. The predicted octanol–water partition coefficient (Wildman–Crippen LogP) is -2.61. The van der Waals surface area contributed by atoms with Gasteiger partial charge in [-0.1, -0.05) is 29.4 Å². The zero-order valence-corrected chi connectivity index (χ0v) is 18.5. The molecule has 33 heavy (non-hydrogen) atoms. The number of benzene rings is 2. The van der Waals surface area contributed by atoms with Crippen LogP contribution in [-0.4, -0.2) is 41.9 Å². The summed E-state index contributed by atoms with van der Waals surface area (Å²) in [5.41, 5.74) is 10.5. The van der Waals surface area contributed by atoms with E-state index in [-0.39, 0.29) is 34.3 Å². The number of nitrogens with one attached hydrogen (secondary N) is 1. The number of hydrogen-bond acceptors (Lipinski definition) is 4. The van der Waals surface area contributed by atoms with Gasteiger partial charge in [-0.2, -0.15) is 17.5 Å². The first-order valence-corrected chi connectivity index (χ1v) is 10.5. The van der Waals surface area contributed by atoms with Gasteiger partial charge in [0.2, 0.25) is 15.9 Å². The van der Waals surface area contributed by atoms with Crippen molar-refractivity contribution in [3.63, 3.8) is 0 Å². The molecule has 1 amide bonds. The molecule has 8 nitrogen and oxygen atoms in total. The minimum Gasteiger partial charge on any atom is -1.00 e. The monoisotopic (exact) mass is 512 g/mol. The van der Waals surface area contributed by atoms with E-state index in [0.29, 0.717) is 4.31 Å². The van der Waals surface area contributed by atoms with E-state index < -0.39 is 53.4 Å². The van der Waals surface area contributed by atoms with Crippen LogP contribution in [0.3, 0.4) is 0 Å². The van der Waals surface area contributed by atoms with Gasteiger partial charge in [0.25, 0.3) is 0 Å². The highest BCUT2D eigenvalue weighted by Crippen LogP contribution is 2.28. The van der Waals surface area contributed by atoms with Crippen LogP contribution in [0.5, 0.6) is 0 Å². The molecule has 0 radical (unpaired) electrons. The Hall–Kier alpha value is -2.90. The SMILES string of the molecule is NC(=O)[C@@H](CCC(F)(F)F)N(Cc1ccc(C(N)=[NH+]O)cc1F)S(=O)(=O)c1ccccc1.[Cl-]. The Bertz CT molecular complexity index is 1100. The Morgan fingerprint density at radius 3 is 2.21 bits per heavy atom. The molecule has 182 valence electrons. The Morgan fingerprint density at radius 1 is 1.12 bits per heavy atom. The van der Waals surface area contributed by atoms with Gasteiger partial charge in [-0.05, 0) is 30.7 Å². The highest BCUT2D eigenvalue weighted by atomic mass is 35.5. The molecule has 0 spiro atoms. The average molecular weight is 513 g/mol. The van der Waals surface area contributed by atoms with Crippen molar-refractivity contribution in [3.8, 4) is 0 Å². The van der Waals surface area contributed by atoms with Gasteiger partial charge in [0.1, 0.15) is 11.9 Å². The molecule has 6 N–H and O–H groups in total. The number of amides is 1. The molecule has 0 aliphatic carbocycles. The normalized spacial score (nSPS) is 13.4. The number of hydrogen-bond donors (Lipinski definition) is 4. The minimum atomic E-state index is -4.67. The first-order chi connectivity index (χ1) is 14.9. The van der Waals surface area contributed by atoms with Crippen LogP contribution in [-0.2, 0) is 21.4 Å². The fraction of sp³-hybridized carbons (Fsp3) is 0.263. The van der Waals surface area contributed by atoms with E-state index in [4.69, 9.17) is 16.7 Å². The number of nitrogens with two attached hydrogens (primary N) is 2. The third-order valence-electron chi connectivity index (χ3n) is 4.54. The standard InChI is InChI=1S/C19H20F4N4O4S.ClH/c20-15-10-12(17(24)26-29)6-7-13(15)11-27(16(18(25)28)8-9-19(21,22)23)32(30,31)14-4-2-1-3-5-14;/h1-7,10,16,29H,8-9,11H2,(H2,24,26)(H2,25,28);1H/t16-;/m1./s1. The summed E-state index contributed by atoms with van der Waals surface area (Å²) in [5.74, 6) is -2.56. The lowest BCUT2D eigenvalue weighted by atomic mass is 10.1. The van der Waals surface area contributed by atoms with Crippen molar-refractivity contribution < 1.29 is 53.5 Å². The summed E-state index contributed by atoms with van der Waals surface area (Å²) in [7, 11) is -4.54. The summed E-state index contributed by atoms with van der Waals surface area (Å²) >= 11 is 0. The number of nitrogen functional groups attached to an aromatic ring is 1. The number of sulfonamides is 1. The molecule has 0 unspecified atom stereocenters. The number of rotatable bonds is 9. The summed E-state index contributed by atoms with van der Waals surface area (Å²) in [6.07, 6.45) is -7.09. The Kier molecular flexibility index (Phi) is 9.63. The molecule has 0 heterocycles. The average Bonchev–Trinajstić information content (AvgIpc) is 2.73. The molecule has 2 aromatic carbocycles. The van der Waals surface area contributed by atoms with Gasteiger partial charge >= 0.3 is 12.0 Å². The van der Waals surface area contributed by atoms with Crippen molar-refractivity contribution in [1.82, 2.24) is 4.31 Å². The second-order valence-electron chi connectivity index (χ2n) is 6.77. The van der Waals surface area contributed by atoms with Gasteiger partial charge in [-0.15, -0.1) is 0 Å². The van der Waals surface area contributed by atoms with E-state index in [9.17, 15) is 30.8 Å². The third kappa shape index (κ3) is 7.30. The predicted molar refractivity (Wildman–Crippen MR) is 105 cm³/mol. The van der Waals surface area contributed by atoms with Crippen molar-refractivity contribution in [2.45, 2.75) is 36.5 Å². The van der Waals surface area contributed by atoms with Crippen LogP contribution in [0.2, 0.25) is 0 Å². The Balaban J connectivity index is 0.00000544. The molecule has 0 saturated carbocycles. The summed E-state index contributed by atoms with van der Waals surface area (Å²) in [5, 5.41) is 10.5. The lowest BCUT2D eigenvalue weighted by molar-refractivity contribution is -0.737. The molecule has 2 aromatic rings. The maximum Gasteiger partial charge on any atom is 0.389 e. The molecule has 1 atom stereocenters. The van der Waals surface area contributed by atoms with Crippen LogP contribution in [0.15, 0.2) is 53.4 Å². The van der Waals surface area contributed by atoms with E-state index in [1.54, 1.807) is 5.16 Å². The fourth-order valence-electron chi connectivity index (χ4n) is 2.89. The van der Waals surface area contributed by atoms with Crippen molar-refractivity contribution in [3.05, 3.63) is 65.5 Å². The van der Waals surface area contributed by atoms with Gasteiger partial charge in [-0.25, -0.2) is 12.8 Å². The fourth-order valence-corrected chi connectivity index (χ4v) is 4.52. The second kappa shape index (κ2) is 11.3. The number of carbonyl (C=O) groups is 1. The molecule has 0 saturated heterocycles. The molecule has 0 fully saturated rings. The van der Waals surface area contributed by atoms with Crippen LogP contribution in [0.25, 0.3) is 0 Å². The number of primary amides is 1. The number of nitrogens with zero attached hydrogens (tertiary/aromatic N) is 1. The van der Waals surface area contributed by atoms with Gasteiger partial charge in [0, 0.05) is 18.5 Å². The van der Waals surface area contributed by atoms with Gasteiger partial charge < -0.3 is 23.3 Å². The van der Waals surface area contributed by atoms with Crippen LogP contribution in [0.4, 0.5) is 17.6 Å². The zero-order chi connectivity index (χ0) is 24.1. The minimum absolute atomic E-state index is 0. The second-order valence-corrected chi connectivity index (χ2v) is 8.66. The van der Waals surface area contributed by atoms with Crippen molar-refractivity contribution in [2.75, 3.05) is 0 Å². The summed E-state index contributed by atoms with van der Waals surface area (Å²) in [6, 6.07) is 8.04. The van der Waals surface area contributed by atoms with Gasteiger partial charge in [0.15, 0.2) is 0 Å². The maximum absolute atomic E-state index is 14.6. The van der Waals surface area contributed by atoms with Gasteiger partial charge in [0.05, 0.1) is 10.5 Å². The van der Waals surface area contributed by atoms with Crippen LogP contribution in [0, 0.1) is 5.82 Å². The number of amidine groups is 1. The Labute approximate surface area is 193 Å². The lowest BCUT2D eigenvalue weighted by Crippen LogP contribution is -3.00. The van der Waals surface area contributed by atoms with Crippen molar-refractivity contribution in [2.24, 2.45) is 11.5 Å². The van der Waals surface area contributed by atoms with E-state index in [1.165, 1.54) is 36.4 Å². The lowest BCUT2D eigenvalue weighted by Gasteiger charge is -2.29. The van der Waals surface area contributed by atoms with Crippen LogP contribution < -0.4 is 29.0 Å². The number of alkyl halides is 3. The molecule has 0 aliphatic heterocycles. The largest absolute Gasteiger partial charge is 1.00 e. The smallest absolute Gasteiger partial charge is 0.389 e. The van der Waals surface area contributed by atoms with E-state index in [2.05, 4.69) is 0 Å². The number of carbonyl (C=O) groups excluding carboxylic acids is 1. The van der Waals surface area contributed by atoms with E-state index in [1.807, 2.05) is 0 Å². The topological polar surface area (TPSA) is 141 Å². The summed E-state index contributed by atoms with van der Waals surface area (Å²) < 4.78 is 79.8. The highest BCUT2D eigenvalue weighted by Gasteiger charge is 2.38. The number of halogens is 5. The van der Waals surface area contributed by atoms with E-state index in [0.717, 1.165) is 12.1 Å². The Morgan fingerprint density at radius 2 is 1.73 bits per heavy atom. The zero-order valence-electron chi connectivity index (χ0n) is 16.9. The molecule has 0 bridgehead atoms. The van der Waals surface area contributed by atoms with Crippen molar-refractivity contribution in [1.29, 1.82) is 0 Å². The highest BCUT2D eigenvalue weighted by molar-refractivity contribution is 7.89. The molecular formula is C19H21ClF4N4O4S. The quantitative estimate of drug-likeness (QED) is 0.0958. The molecule has 0 aliphatic rings. The summed E-state index contributed by atoms with van der Waals surface area (Å²) in [6.45, 7) is -0.777. The first-order valence-electron chi connectivity index (χ1n) is 9.11. The molecule has 0 aromatic heterocycles. The van der Waals surface area contributed by atoms with Gasteiger partial charge in [-0.3, -0.25) is 10.5 Å². The summed E-state index contributed by atoms with van der Waals surface area (Å²) in [4.78, 5) is 11.7. The van der Waals surface area contributed by atoms with Crippen LogP contribution in [0.1, 0.15) is 24.0 Å². The van der Waals surface area contributed by atoms with E-state index >= 15 is 0 Å². The van der Waals surface area contributed by atoms with Crippen molar-refractivity contribution >= 4 is 21.8 Å². The first kappa shape index (κ1) is 28.1. The third-order valence-corrected chi connectivity index (χ3v) is 6.41. The van der Waals surface area contributed by atoms with Crippen LogP contribution >= 0.6 is 0 Å². The molecule has 14 heteroatoms. The molecule has 2 rings (SSSR count).